The van der Waals surface area contributed by atoms with Crippen molar-refractivity contribution < 1.29 is 18.7 Å². The van der Waals surface area contributed by atoms with Gasteiger partial charge in [-0.1, -0.05) is 24.3 Å². The molecule has 0 unspecified atom stereocenters. The van der Waals surface area contributed by atoms with Crippen LogP contribution in [-0.4, -0.2) is 28.7 Å². The second-order valence-electron chi connectivity index (χ2n) is 5.20. The molecule has 0 bridgehead atoms. The third-order valence-corrected chi connectivity index (χ3v) is 3.47. The summed E-state index contributed by atoms with van der Waals surface area (Å²) < 4.78 is 18.2. The van der Waals surface area contributed by atoms with Crippen molar-refractivity contribution in [1.29, 1.82) is 0 Å². The van der Waals surface area contributed by atoms with Gasteiger partial charge < -0.3 is 10.1 Å². The quantitative estimate of drug-likeness (QED) is 0.722. The van der Waals surface area contributed by atoms with E-state index in [1.54, 1.807) is 31.2 Å². The van der Waals surface area contributed by atoms with Crippen LogP contribution < -0.4 is 5.32 Å². The summed E-state index contributed by atoms with van der Waals surface area (Å²) >= 11 is 0. The Labute approximate surface area is 136 Å². The van der Waals surface area contributed by atoms with Crippen LogP contribution in [0.1, 0.15) is 16.1 Å². The predicted molar refractivity (Wildman–Crippen MR) is 86.1 cm³/mol. The summed E-state index contributed by atoms with van der Waals surface area (Å²) in [6.07, 6.45) is 0. The molecule has 1 aromatic heterocycles. The number of ether oxygens (including phenoxy) is 1. The van der Waals surface area contributed by atoms with Crippen LogP contribution in [0.4, 0.5) is 10.1 Å². The molecule has 3 rings (SSSR count). The standard InChI is InChI=1S/C17H14FN3O3/c1-10-6-7-11(18)8-14(10)19-15(22)9-24-17(23)16-12-4-2-3-5-13(12)20-21-16/h2-8H,9H2,1H3,(H,19,22)(H,20,21). The van der Waals surface area contributed by atoms with Gasteiger partial charge in [0.15, 0.2) is 12.3 Å². The number of benzene rings is 2. The predicted octanol–water partition coefficient (Wildman–Crippen LogP) is 2.81. The molecule has 7 heteroatoms. The molecule has 0 fully saturated rings. The Hall–Kier alpha value is -3.22. The monoisotopic (exact) mass is 327 g/mol. The van der Waals surface area contributed by atoms with Gasteiger partial charge in [-0.05, 0) is 30.7 Å². The summed E-state index contributed by atoms with van der Waals surface area (Å²) in [4.78, 5) is 23.9. The number of anilines is 1. The first-order valence-corrected chi connectivity index (χ1v) is 7.21. The number of halogens is 1. The molecular weight excluding hydrogens is 313 g/mol. The average Bonchev–Trinajstić information content (AvgIpc) is 3.00. The number of rotatable bonds is 4. The zero-order valence-electron chi connectivity index (χ0n) is 12.8. The molecule has 0 aliphatic heterocycles. The summed E-state index contributed by atoms with van der Waals surface area (Å²) in [6, 6.07) is 11.1. The fourth-order valence-electron chi connectivity index (χ4n) is 2.23. The van der Waals surface area contributed by atoms with Crippen molar-refractivity contribution in [3.63, 3.8) is 0 Å². The number of para-hydroxylation sites is 1. The van der Waals surface area contributed by atoms with Gasteiger partial charge in [0.2, 0.25) is 0 Å². The molecule has 0 radical (unpaired) electrons. The first-order valence-electron chi connectivity index (χ1n) is 7.21. The van der Waals surface area contributed by atoms with E-state index in [0.29, 0.717) is 22.2 Å². The van der Waals surface area contributed by atoms with Gasteiger partial charge in [0.25, 0.3) is 5.91 Å². The molecule has 0 saturated carbocycles. The summed E-state index contributed by atoms with van der Waals surface area (Å²) in [5.74, 6) is -1.73. The van der Waals surface area contributed by atoms with Crippen LogP contribution in [0.2, 0.25) is 0 Å². The van der Waals surface area contributed by atoms with Crippen LogP contribution in [0.3, 0.4) is 0 Å². The van der Waals surface area contributed by atoms with E-state index in [1.165, 1.54) is 12.1 Å². The van der Waals surface area contributed by atoms with Gasteiger partial charge in [0.1, 0.15) is 5.82 Å². The molecule has 2 N–H and O–H groups in total. The van der Waals surface area contributed by atoms with E-state index >= 15 is 0 Å². The highest BCUT2D eigenvalue weighted by Gasteiger charge is 2.17. The Morgan fingerprint density at radius 2 is 2.04 bits per heavy atom. The maximum atomic E-state index is 13.2. The second-order valence-corrected chi connectivity index (χ2v) is 5.20. The SMILES string of the molecule is Cc1ccc(F)cc1NC(=O)COC(=O)c1n[nH]c2ccccc12. The molecule has 24 heavy (non-hydrogen) atoms. The highest BCUT2D eigenvalue weighted by Crippen LogP contribution is 2.17. The minimum atomic E-state index is -0.710. The van der Waals surface area contributed by atoms with E-state index in [0.717, 1.165) is 0 Å². The van der Waals surface area contributed by atoms with Gasteiger partial charge in [-0.2, -0.15) is 5.10 Å². The van der Waals surface area contributed by atoms with Gasteiger partial charge in [-0.3, -0.25) is 9.89 Å². The lowest BCUT2D eigenvalue weighted by atomic mass is 10.2. The molecule has 0 spiro atoms. The fraction of sp³-hybridized carbons (Fsp3) is 0.118. The summed E-state index contributed by atoms with van der Waals surface area (Å²) in [6.45, 7) is 1.24. The first kappa shape index (κ1) is 15.7. The van der Waals surface area contributed by atoms with E-state index in [2.05, 4.69) is 15.5 Å². The highest BCUT2D eigenvalue weighted by molar-refractivity contribution is 6.03. The van der Waals surface area contributed by atoms with Crippen molar-refractivity contribution in [3.8, 4) is 0 Å². The molecule has 122 valence electrons. The largest absolute Gasteiger partial charge is 0.451 e. The fourth-order valence-corrected chi connectivity index (χ4v) is 2.23. The average molecular weight is 327 g/mol. The number of esters is 1. The van der Waals surface area contributed by atoms with Crippen LogP contribution in [0, 0.1) is 12.7 Å². The van der Waals surface area contributed by atoms with Crippen LogP contribution in [0.15, 0.2) is 42.5 Å². The zero-order valence-corrected chi connectivity index (χ0v) is 12.8. The maximum Gasteiger partial charge on any atom is 0.359 e. The van der Waals surface area contributed by atoms with Crippen molar-refractivity contribution in [2.75, 3.05) is 11.9 Å². The van der Waals surface area contributed by atoms with Crippen molar-refractivity contribution in [1.82, 2.24) is 10.2 Å². The third-order valence-electron chi connectivity index (χ3n) is 3.47. The number of aromatic nitrogens is 2. The molecular formula is C17H14FN3O3. The minimum Gasteiger partial charge on any atom is -0.451 e. The van der Waals surface area contributed by atoms with E-state index in [1.807, 2.05) is 6.07 Å². The number of aryl methyl sites for hydroxylation is 1. The number of carbonyl (C=O) groups is 2. The van der Waals surface area contributed by atoms with Gasteiger partial charge in [-0.15, -0.1) is 0 Å². The number of amides is 1. The molecule has 1 heterocycles. The van der Waals surface area contributed by atoms with E-state index in [-0.39, 0.29) is 5.69 Å². The lowest BCUT2D eigenvalue weighted by Crippen LogP contribution is -2.21. The number of nitrogens with zero attached hydrogens (tertiary/aromatic N) is 1. The Morgan fingerprint density at radius 3 is 2.88 bits per heavy atom. The molecule has 6 nitrogen and oxygen atoms in total. The Balaban J connectivity index is 1.64. The summed E-state index contributed by atoms with van der Waals surface area (Å²) in [5, 5.41) is 9.74. The smallest absolute Gasteiger partial charge is 0.359 e. The van der Waals surface area contributed by atoms with E-state index in [4.69, 9.17) is 4.74 Å². The topological polar surface area (TPSA) is 84.1 Å². The van der Waals surface area contributed by atoms with Crippen LogP contribution in [-0.2, 0) is 9.53 Å². The number of fused-ring (bicyclic) bond motifs is 1. The van der Waals surface area contributed by atoms with Crippen LogP contribution in [0.25, 0.3) is 10.9 Å². The summed E-state index contributed by atoms with van der Waals surface area (Å²) in [5.41, 5.74) is 1.85. The van der Waals surface area contributed by atoms with Crippen molar-refractivity contribution in [2.45, 2.75) is 6.92 Å². The number of hydrogen-bond acceptors (Lipinski definition) is 4. The van der Waals surface area contributed by atoms with Gasteiger partial charge in [0, 0.05) is 11.1 Å². The summed E-state index contributed by atoms with van der Waals surface area (Å²) in [7, 11) is 0. The van der Waals surface area contributed by atoms with Crippen molar-refractivity contribution in [2.24, 2.45) is 0 Å². The van der Waals surface area contributed by atoms with Crippen LogP contribution in [0.5, 0.6) is 0 Å². The molecule has 0 aliphatic carbocycles. The Kier molecular flexibility index (Phi) is 4.24. The Morgan fingerprint density at radius 1 is 1.25 bits per heavy atom. The number of carbonyl (C=O) groups excluding carboxylic acids is 2. The number of nitrogens with one attached hydrogen (secondary N) is 2. The van der Waals surface area contributed by atoms with Gasteiger partial charge in [-0.25, -0.2) is 9.18 Å². The highest BCUT2D eigenvalue weighted by atomic mass is 19.1. The van der Waals surface area contributed by atoms with Gasteiger partial charge in [0.05, 0.1) is 5.52 Å². The lowest BCUT2D eigenvalue weighted by Gasteiger charge is -2.08. The lowest BCUT2D eigenvalue weighted by molar-refractivity contribution is -0.119. The zero-order chi connectivity index (χ0) is 17.1. The van der Waals surface area contributed by atoms with E-state index < -0.39 is 24.3 Å². The molecule has 3 aromatic rings. The normalized spacial score (nSPS) is 10.6. The van der Waals surface area contributed by atoms with Gasteiger partial charge >= 0.3 is 5.97 Å². The number of aromatic amines is 1. The first-order chi connectivity index (χ1) is 11.5. The van der Waals surface area contributed by atoms with E-state index in [9.17, 15) is 14.0 Å². The molecule has 0 saturated heterocycles. The maximum absolute atomic E-state index is 13.2. The minimum absolute atomic E-state index is 0.111. The second kappa shape index (κ2) is 6.49. The van der Waals surface area contributed by atoms with Crippen LogP contribution >= 0.6 is 0 Å². The molecule has 0 atom stereocenters. The van der Waals surface area contributed by atoms with Crippen molar-refractivity contribution in [3.05, 3.63) is 59.5 Å². The number of H-pyrrole nitrogens is 1. The number of hydrogen-bond donors (Lipinski definition) is 2. The molecule has 1 amide bonds. The Bertz CT molecular complexity index is 920. The van der Waals surface area contributed by atoms with Crippen molar-refractivity contribution >= 4 is 28.5 Å². The molecule has 0 aliphatic rings. The third kappa shape index (κ3) is 3.24. The molecule has 2 aromatic carbocycles.